The molecule has 0 spiro atoms. The first-order chi connectivity index (χ1) is 11.3. The molecule has 23 heavy (non-hydrogen) atoms. The van der Waals surface area contributed by atoms with Gasteiger partial charge in [0.15, 0.2) is 0 Å². The molecule has 0 atom stereocenters. The molecule has 0 unspecified atom stereocenters. The van der Waals surface area contributed by atoms with Crippen molar-refractivity contribution in [1.82, 2.24) is 5.32 Å². The Morgan fingerprint density at radius 3 is 2.48 bits per heavy atom. The Kier molecular flexibility index (Phi) is 6.41. The van der Waals surface area contributed by atoms with Crippen molar-refractivity contribution in [2.75, 3.05) is 39.5 Å². The summed E-state index contributed by atoms with van der Waals surface area (Å²) in [5.74, 6) is 0.939. The van der Waals surface area contributed by atoms with Gasteiger partial charge in [-0.15, -0.1) is 0 Å². The van der Waals surface area contributed by atoms with E-state index in [0.717, 1.165) is 37.2 Å². The molecular formula is C16H23NO5S. The van der Waals surface area contributed by atoms with E-state index in [4.69, 9.17) is 17.8 Å². The van der Waals surface area contributed by atoms with E-state index in [1.165, 1.54) is 0 Å². The Hall–Kier alpha value is -0.990. The van der Waals surface area contributed by atoms with Gasteiger partial charge in [0.1, 0.15) is 12.4 Å². The highest BCUT2D eigenvalue weighted by molar-refractivity contribution is 7.75. The van der Waals surface area contributed by atoms with Gasteiger partial charge in [0.25, 0.3) is 0 Å². The SMILES string of the molecule is O=S1OCC(c2ccc(OCCOC3CCNCC3)cc2)CO1. The summed E-state index contributed by atoms with van der Waals surface area (Å²) in [6, 6.07) is 7.86. The predicted octanol–water partition coefficient (Wildman–Crippen LogP) is 1.54. The zero-order valence-corrected chi connectivity index (χ0v) is 13.9. The standard InChI is InChI=1S/C16H23NO5S/c18-23-21-11-14(12-22-23)13-1-3-15(4-2-13)19-9-10-20-16-5-7-17-8-6-16/h1-4,14,16-17H,5-12H2. The highest BCUT2D eigenvalue weighted by Gasteiger charge is 2.21. The summed E-state index contributed by atoms with van der Waals surface area (Å²) in [5, 5.41) is 3.32. The third-order valence-electron chi connectivity index (χ3n) is 4.07. The molecular weight excluding hydrogens is 318 g/mol. The molecule has 2 heterocycles. The van der Waals surface area contributed by atoms with E-state index in [1.807, 2.05) is 24.3 Å². The summed E-state index contributed by atoms with van der Waals surface area (Å²) in [5.41, 5.74) is 1.10. The molecule has 0 amide bonds. The van der Waals surface area contributed by atoms with E-state index in [1.54, 1.807) is 0 Å². The molecule has 7 heteroatoms. The van der Waals surface area contributed by atoms with Gasteiger partial charge < -0.3 is 14.8 Å². The highest BCUT2D eigenvalue weighted by Crippen LogP contribution is 2.23. The van der Waals surface area contributed by atoms with Crippen LogP contribution in [0.25, 0.3) is 0 Å². The lowest BCUT2D eigenvalue weighted by atomic mass is 10.0. The van der Waals surface area contributed by atoms with E-state index in [-0.39, 0.29) is 5.92 Å². The molecule has 2 saturated heterocycles. The molecule has 2 fully saturated rings. The van der Waals surface area contributed by atoms with Crippen LogP contribution in [0.5, 0.6) is 5.75 Å². The topological polar surface area (TPSA) is 66.0 Å². The van der Waals surface area contributed by atoms with Crippen LogP contribution < -0.4 is 10.1 Å². The molecule has 0 aliphatic carbocycles. The Balaban J connectivity index is 1.38. The number of rotatable bonds is 6. The second kappa shape index (κ2) is 8.75. The lowest BCUT2D eigenvalue weighted by Crippen LogP contribution is -2.33. The number of nitrogens with one attached hydrogen (secondary N) is 1. The summed E-state index contributed by atoms with van der Waals surface area (Å²) in [4.78, 5) is 0. The second-order valence-electron chi connectivity index (χ2n) is 5.71. The van der Waals surface area contributed by atoms with E-state index < -0.39 is 11.4 Å². The van der Waals surface area contributed by atoms with Crippen molar-refractivity contribution in [3.05, 3.63) is 29.8 Å². The molecule has 0 radical (unpaired) electrons. The van der Waals surface area contributed by atoms with Gasteiger partial charge in [-0.05, 0) is 43.6 Å². The molecule has 1 N–H and O–H groups in total. The van der Waals surface area contributed by atoms with Crippen molar-refractivity contribution < 1.29 is 22.0 Å². The van der Waals surface area contributed by atoms with Gasteiger partial charge in [-0.25, -0.2) is 0 Å². The number of hydrogen-bond donors (Lipinski definition) is 1. The van der Waals surface area contributed by atoms with Crippen molar-refractivity contribution in [2.24, 2.45) is 0 Å². The van der Waals surface area contributed by atoms with Crippen molar-refractivity contribution >= 4 is 11.4 Å². The Morgan fingerprint density at radius 1 is 1.09 bits per heavy atom. The van der Waals surface area contributed by atoms with Gasteiger partial charge in [0, 0.05) is 5.92 Å². The number of piperidine rings is 1. The number of hydrogen-bond acceptors (Lipinski definition) is 6. The van der Waals surface area contributed by atoms with Gasteiger partial charge >= 0.3 is 11.4 Å². The first-order valence-electron chi connectivity index (χ1n) is 8.04. The minimum absolute atomic E-state index is 0.116. The number of benzene rings is 1. The maximum absolute atomic E-state index is 11.0. The number of ether oxygens (including phenoxy) is 2. The lowest BCUT2D eigenvalue weighted by molar-refractivity contribution is 0.0168. The summed E-state index contributed by atoms with van der Waals surface area (Å²) in [6.45, 7) is 4.07. The molecule has 0 saturated carbocycles. The van der Waals surface area contributed by atoms with Crippen molar-refractivity contribution in [2.45, 2.75) is 24.9 Å². The Labute approximate surface area is 139 Å². The first-order valence-corrected chi connectivity index (χ1v) is 9.04. The zero-order chi connectivity index (χ0) is 15.9. The van der Waals surface area contributed by atoms with Crippen LogP contribution in [-0.2, 0) is 24.5 Å². The van der Waals surface area contributed by atoms with Gasteiger partial charge in [-0.1, -0.05) is 12.1 Å². The quantitative estimate of drug-likeness (QED) is 0.792. The molecule has 2 aliphatic rings. The molecule has 0 aromatic heterocycles. The zero-order valence-electron chi connectivity index (χ0n) is 13.1. The second-order valence-corrected chi connectivity index (χ2v) is 6.59. The van der Waals surface area contributed by atoms with Crippen LogP contribution >= 0.6 is 0 Å². The van der Waals surface area contributed by atoms with E-state index in [2.05, 4.69) is 5.32 Å². The fraction of sp³-hybridized carbons (Fsp3) is 0.625. The minimum atomic E-state index is -1.59. The maximum atomic E-state index is 11.0. The van der Waals surface area contributed by atoms with Crippen molar-refractivity contribution in [3.8, 4) is 5.75 Å². The summed E-state index contributed by atoms with van der Waals surface area (Å²) < 4.78 is 32.5. The Morgan fingerprint density at radius 2 is 1.78 bits per heavy atom. The normalized spacial score (nSPS) is 26.1. The minimum Gasteiger partial charge on any atom is -0.491 e. The highest BCUT2D eigenvalue weighted by atomic mass is 32.2. The fourth-order valence-corrected chi connectivity index (χ4v) is 3.34. The van der Waals surface area contributed by atoms with E-state index >= 15 is 0 Å². The average molecular weight is 341 g/mol. The third-order valence-corrected chi connectivity index (χ3v) is 4.73. The summed E-state index contributed by atoms with van der Waals surface area (Å²) >= 11 is -1.59. The van der Waals surface area contributed by atoms with Crippen LogP contribution in [0.1, 0.15) is 24.3 Å². The fourth-order valence-electron chi connectivity index (χ4n) is 2.72. The maximum Gasteiger partial charge on any atom is 0.304 e. The smallest absolute Gasteiger partial charge is 0.304 e. The van der Waals surface area contributed by atoms with Crippen LogP contribution in [0, 0.1) is 0 Å². The Bertz CT molecular complexity index is 494. The van der Waals surface area contributed by atoms with Gasteiger partial charge in [-0.3, -0.25) is 8.37 Å². The van der Waals surface area contributed by atoms with Crippen LogP contribution in [0.4, 0.5) is 0 Å². The molecule has 0 bridgehead atoms. The van der Waals surface area contributed by atoms with Gasteiger partial charge in [-0.2, -0.15) is 4.21 Å². The molecule has 3 rings (SSSR count). The lowest BCUT2D eigenvalue weighted by Gasteiger charge is -2.23. The first kappa shape index (κ1) is 16.9. The van der Waals surface area contributed by atoms with Crippen LogP contribution in [0.15, 0.2) is 24.3 Å². The molecule has 1 aromatic rings. The van der Waals surface area contributed by atoms with E-state index in [9.17, 15) is 4.21 Å². The van der Waals surface area contributed by atoms with Crippen molar-refractivity contribution in [3.63, 3.8) is 0 Å². The predicted molar refractivity (Wildman–Crippen MR) is 86.6 cm³/mol. The monoisotopic (exact) mass is 341 g/mol. The van der Waals surface area contributed by atoms with Gasteiger partial charge in [0.05, 0.1) is 25.9 Å². The molecule has 6 nitrogen and oxygen atoms in total. The van der Waals surface area contributed by atoms with Crippen molar-refractivity contribution in [1.29, 1.82) is 0 Å². The molecule has 1 aromatic carbocycles. The van der Waals surface area contributed by atoms with Gasteiger partial charge in [0.2, 0.25) is 0 Å². The molecule has 2 aliphatic heterocycles. The molecule has 128 valence electrons. The summed E-state index contributed by atoms with van der Waals surface area (Å²) in [6.07, 6.45) is 2.51. The van der Waals surface area contributed by atoms with Crippen LogP contribution in [-0.4, -0.2) is 49.8 Å². The summed E-state index contributed by atoms with van der Waals surface area (Å²) in [7, 11) is 0. The van der Waals surface area contributed by atoms with Crippen LogP contribution in [0.2, 0.25) is 0 Å². The van der Waals surface area contributed by atoms with Crippen LogP contribution in [0.3, 0.4) is 0 Å². The third kappa shape index (κ3) is 5.26. The largest absolute Gasteiger partial charge is 0.491 e. The van der Waals surface area contributed by atoms with E-state index in [0.29, 0.717) is 32.5 Å². The average Bonchev–Trinajstić information content (AvgIpc) is 2.61.